The largest absolute Gasteiger partial charge is 0.324 e. The van der Waals surface area contributed by atoms with Crippen molar-refractivity contribution in [2.75, 3.05) is 0 Å². The van der Waals surface area contributed by atoms with Gasteiger partial charge in [0, 0.05) is 5.41 Å². The molecule has 0 nitrogen and oxygen atoms in total. The van der Waals surface area contributed by atoms with Gasteiger partial charge in [0.25, 0.3) is 0 Å². The highest BCUT2D eigenvalue weighted by Gasteiger charge is 2.84. The topological polar surface area (TPSA) is 0 Å². The summed E-state index contributed by atoms with van der Waals surface area (Å²) >= 11 is 1.67. The Kier molecular flexibility index (Phi) is 4.38. The summed E-state index contributed by atoms with van der Waals surface area (Å²) in [5.41, 5.74) is -1.70. The summed E-state index contributed by atoms with van der Waals surface area (Å²) in [4.78, 5) is 0. The zero-order chi connectivity index (χ0) is 20.1. The third kappa shape index (κ3) is 2.24. The Labute approximate surface area is 180 Å². The first-order valence-electron chi connectivity index (χ1n) is 11.5. The first kappa shape index (κ1) is 20.4. The Balaban J connectivity index is 1.43. The first-order chi connectivity index (χ1) is 13.0. The van der Waals surface area contributed by atoms with Crippen molar-refractivity contribution in [1.29, 1.82) is 0 Å². The molecule has 0 radical (unpaired) electrons. The van der Waals surface area contributed by atoms with Gasteiger partial charge in [-0.25, -0.2) is 0 Å². The van der Waals surface area contributed by atoms with E-state index >= 15 is 17.6 Å². The minimum atomic E-state index is -3.88. The number of hydrogen-bond donors (Lipinski definition) is 0. The molecule has 7 saturated carbocycles. The minimum absolute atomic E-state index is 0.254. The van der Waals surface area contributed by atoms with Crippen LogP contribution in [0.1, 0.15) is 96.8 Å². The Bertz CT molecular complexity index is 616. The fourth-order valence-corrected chi connectivity index (χ4v) is 9.44. The van der Waals surface area contributed by atoms with E-state index in [0.717, 1.165) is 50.4 Å². The summed E-state index contributed by atoms with van der Waals surface area (Å²) < 4.78 is 59.6. The van der Waals surface area contributed by atoms with Crippen LogP contribution >= 0.6 is 22.6 Å². The fourth-order valence-electron chi connectivity index (χ4n) is 8.56. The molecule has 0 spiro atoms. The molecule has 0 N–H and O–H groups in total. The van der Waals surface area contributed by atoms with Gasteiger partial charge in [-0.3, -0.25) is 0 Å². The van der Waals surface area contributed by atoms with Crippen molar-refractivity contribution in [1.82, 2.24) is 0 Å². The van der Waals surface area contributed by atoms with E-state index in [1.807, 2.05) is 0 Å². The second-order valence-corrected chi connectivity index (χ2v) is 13.4. The van der Waals surface area contributed by atoms with Crippen LogP contribution in [0.2, 0.25) is 0 Å². The number of fused-ring (bicyclic) bond motifs is 6. The molecule has 160 valence electrons. The fraction of sp³-hybridized carbons (Fsp3) is 1.00. The molecule has 0 heterocycles. The van der Waals surface area contributed by atoms with Crippen LogP contribution in [0.3, 0.4) is 0 Å². The monoisotopic (exact) mass is 512 g/mol. The van der Waals surface area contributed by atoms with Crippen molar-refractivity contribution in [3.05, 3.63) is 0 Å². The van der Waals surface area contributed by atoms with E-state index < -0.39 is 26.1 Å². The summed E-state index contributed by atoms with van der Waals surface area (Å²) in [7, 11) is 0. The summed E-state index contributed by atoms with van der Waals surface area (Å²) in [6.07, 6.45) is 11.6. The molecule has 28 heavy (non-hydrogen) atoms. The van der Waals surface area contributed by atoms with Gasteiger partial charge in [-0.2, -0.15) is 17.6 Å². The van der Waals surface area contributed by atoms with Crippen molar-refractivity contribution in [3.63, 3.8) is 0 Å². The molecule has 0 saturated heterocycles. The summed E-state index contributed by atoms with van der Waals surface area (Å²) in [5.74, 6) is -6.19. The number of halogens is 5. The molecule has 0 unspecified atom stereocenters. The SMILES string of the molecule is CC1CCC(C23CCC(C45CCC(I)(CC4)C(F)(F)C5(F)F)(CC2)CC3)CC1. The Morgan fingerprint density at radius 2 is 1.14 bits per heavy atom. The zero-order valence-electron chi connectivity index (χ0n) is 16.9. The van der Waals surface area contributed by atoms with Crippen LogP contribution in [-0.4, -0.2) is 15.3 Å². The third-order valence-corrected chi connectivity index (χ3v) is 12.4. The lowest BCUT2D eigenvalue weighted by molar-refractivity contribution is -0.361. The smallest absolute Gasteiger partial charge is 0.199 e. The van der Waals surface area contributed by atoms with E-state index in [2.05, 4.69) is 6.92 Å². The van der Waals surface area contributed by atoms with E-state index in [4.69, 9.17) is 0 Å². The average molecular weight is 512 g/mol. The molecule has 7 fully saturated rings. The Morgan fingerprint density at radius 1 is 0.643 bits per heavy atom. The highest BCUT2D eigenvalue weighted by atomic mass is 127. The van der Waals surface area contributed by atoms with Crippen molar-refractivity contribution >= 4 is 22.6 Å². The highest BCUT2D eigenvalue weighted by molar-refractivity contribution is 14.1. The molecule has 0 aromatic heterocycles. The molecular formula is C23H33F4I. The highest BCUT2D eigenvalue weighted by Crippen LogP contribution is 2.79. The molecule has 4 bridgehead atoms. The van der Waals surface area contributed by atoms with Crippen LogP contribution in [0.15, 0.2) is 0 Å². The van der Waals surface area contributed by atoms with Crippen LogP contribution in [0.5, 0.6) is 0 Å². The summed E-state index contributed by atoms with van der Waals surface area (Å²) in [6, 6.07) is 0. The van der Waals surface area contributed by atoms with E-state index in [-0.39, 0.29) is 12.8 Å². The van der Waals surface area contributed by atoms with Gasteiger partial charge in [-0.15, -0.1) is 0 Å². The lowest BCUT2D eigenvalue weighted by Gasteiger charge is -2.70. The maximum Gasteiger partial charge on any atom is 0.324 e. The maximum absolute atomic E-state index is 15.5. The second kappa shape index (κ2) is 6.03. The van der Waals surface area contributed by atoms with E-state index in [1.165, 1.54) is 25.7 Å². The van der Waals surface area contributed by atoms with Gasteiger partial charge >= 0.3 is 11.8 Å². The predicted octanol–water partition coefficient (Wildman–Crippen LogP) is 8.17. The van der Waals surface area contributed by atoms with Gasteiger partial charge in [-0.05, 0) is 99.7 Å². The molecule has 7 aliphatic rings. The van der Waals surface area contributed by atoms with Gasteiger partial charge in [0.15, 0.2) is 0 Å². The molecule has 0 amide bonds. The third-order valence-electron chi connectivity index (χ3n) is 10.7. The van der Waals surface area contributed by atoms with Crippen molar-refractivity contribution in [3.8, 4) is 0 Å². The lowest BCUT2D eigenvalue weighted by atomic mass is 9.37. The van der Waals surface area contributed by atoms with Crippen molar-refractivity contribution in [2.24, 2.45) is 28.1 Å². The summed E-state index contributed by atoms with van der Waals surface area (Å²) in [5, 5.41) is 0. The van der Waals surface area contributed by atoms with E-state index in [1.54, 1.807) is 22.6 Å². The standard InChI is InChI=1S/C23H33F4I/c1-16-2-4-17(5-3-16)18-6-9-19(10-7-18,11-8-18)20-12-14-21(28,15-13-20)23(26,27)22(20,24)25/h16-17H,2-15H2,1H3. The normalized spacial score (nSPS) is 54.6. The lowest BCUT2D eigenvalue weighted by Crippen LogP contribution is -2.75. The minimum Gasteiger partial charge on any atom is -0.199 e. The van der Waals surface area contributed by atoms with Gasteiger partial charge in [0.1, 0.15) is 0 Å². The van der Waals surface area contributed by atoms with Crippen molar-refractivity contribution in [2.45, 2.75) is 112 Å². The van der Waals surface area contributed by atoms with Gasteiger partial charge in [-0.1, -0.05) is 42.4 Å². The Hall–Kier alpha value is 0.450. The van der Waals surface area contributed by atoms with Gasteiger partial charge in [0.05, 0.1) is 3.42 Å². The van der Waals surface area contributed by atoms with E-state index in [0.29, 0.717) is 18.3 Å². The molecule has 7 rings (SSSR count). The van der Waals surface area contributed by atoms with Crippen LogP contribution in [0, 0.1) is 28.1 Å². The molecule has 0 aromatic rings. The molecule has 0 aliphatic heterocycles. The van der Waals surface area contributed by atoms with E-state index in [9.17, 15) is 0 Å². The molecule has 5 heteroatoms. The van der Waals surface area contributed by atoms with Gasteiger partial charge in [0.2, 0.25) is 0 Å². The number of alkyl halides is 5. The number of hydrogen-bond acceptors (Lipinski definition) is 0. The quantitative estimate of drug-likeness (QED) is 0.199. The van der Waals surface area contributed by atoms with Crippen molar-refractivity contribution < 1.29 is 17.6 Å². The Morgan fingerprint density at radius 3 is 1.64 bits per heavy atom. The first-order valence-corrected chi connectivity index (χ1v) is 12.6. The molecular weight excluding hydrogens is 479 g/mol. The summed E-state index contributed by atoms with van der Waals surface area (Å²) in [6.45, 7) is 2.33. The maximum atomic E-state index is 15.5. The van der Waals surface area contributed by atoms with Crippen LogP contribution < -0.4 is 0 Å². The zero-order valence-corrected chi connectivity index (χ0v) is 19.1. The molecule has 0 aromatic carbocycles. The molecule has 7 aliphatic carbocycles. The molecule has 0 atom stereocenters. The second-order valence-electron chi connectivity index (χ2n) is 11.3. The predicted molar refractivity (Wildman–Crippen MR) is 111 cm³/mol. The van der Waals surface area contributed by atoms with Crippen LogP contribution in [0.25, 0.3) is 0 Å². The van der Waals surface area contributed by atoms with Gasteiger partial charge < -0.3 is 0 Å². The average Bonchev–Trinajstić information content (AvgIpc) is 2.69. The van der Waals surface area contributed by atoms with Crippen LogP contribution in [-0.2, 0) is 0 Å². The van der Waals surface area contributed by atoms with Crippen LogP contribution in [0.4, 0.5) is 17.6 Å². The number of rotatable bonds is 2.